The van der Waals surface area contributed by atoms with E-state index in [0.29, 0.717) is 5.69 Å². The number of fused-ring (bicyclic) bond motifs is 1. The minimum Gasteiger partial charge on any atom is -0.493 e. The number of nitrogens with one attached hydrogen (secondary N) is 1. The van der Waals surface area contributed by atoms with E-state index in [1.165, 1.54) is 37.5 Å². The molecule has 0 saturated heterocycles. The van der Waals surface area contributed by atoms with Gasteiger partial charge in [-0.15, -0.1) is 0 Å². The second-order valence-corrected chi connectivity index (χ2v) is 8.05. The Hall–Kier alpha value is -3.98. The number of carbonyl (C=O) groups is 1. The number of amides is 1. The summed E-state index contributed by atoms with van der Waals surface area (Å²) in [6, 6.07) is 12.1. The Labute approximate surface area is 197 Å². The highest BCUT2D eigenvalue weighted by Gasteiger charge is 2.24. The number of methoxy groups -OCH3 is 2. The molecule has 4 rings (SSSR count). The van der Waals surface area contributed by atoms with Crippen LogP contribution in [0.5, 0.6) is 11.5 Å². The zero-order valence-electron chi connectivity index (χ0n) is 19.1. The SMILES string of the molecule is COc1cc(C(=O)Nc2ccc(CCN3CCc4cnccc4C3)cc2)c([N+](=O)[O-])cc1OC. The van der Waals surface area contributed by atoms with Crippen molar-refractivity contribution in [1.82, 2.24) is 9.88 Å². The quantitative estimate of drug-likeness (QED) is 0.400. The van der Waals surface area contributed by atoms with Crippen LogP contribution in [0.1, 0.15) is 27.0 Å². The van der Waals surface area contributed by atoms with E-state index < -0.39 is 10.8 Å². The first-order valence-electron chi connectivity index (χ1n) is 10.9. The van der Waals surface area contributed by atoms with Crippen LogP contribution in [0, 0.1) is 10.1 Å². The summed E-state index contributed by atoms with van der Waals surface area (Å²) in [5, 5.41) is 14.2. The fraction of sp³-hybridized carbons (Fsp3) is 0.280. The molecule has 9 nitrogen and oxygen atoms in total. The maximum atomic E-state index is 12.8. The third kappa shape index (κ3) is 5.15. The molecule has 0 bridgehead atoms. The zero-order chi connectivity index (χ0) is 24.1. The number of carbonyl (C=O) groups excluding carboxylic acids is 1. The van der Waals surface area contributed by atoms with E-state index in [1.807, 2.05) is 24.5 Å². The molecule has 9 heteroatoms. The molecule has 0 radical (unpaired) electrons. The van der Waals surface area contributed by atoms with Crippen LogP contribution < -0.4 is 14.8 Å². The largest absolute Gasteiger partial charge is 0.493 e. The molecular formula is C25H26N4O5. The van der Waals surface area contributed by atoms with E-state index in [-0.39, 0.29) is 22.7 Å². The van der Waals surface area contributed by atoms with Crippen LogP contribution in [0.25, 0.3) is 0 Å². The number of anilines is 1. The zero-order valence-corrected chi connectivity index (χ0v) is 19.1. The summed E-state index contributed by atoms with van der Waals surface area (Å²) in [4.78, 5) is 30.3. The van der Waals surface area contributed by atoms with E-state index in [2.05, 4.69) is 21.3 Å². The second-order valence-electron chi connectivity index (χ2n) is 8.05. The molecule has 0 aliphatic carbocycles. The van der Waals surface area contributed by atoms with E-state index in [1.54, 1.807) is 12.1 Å². The number of hydrogen-bond donors (Lipinski definition) is 1. The summed E-state index contributed by atoms with van der Waals surface area (Å²) in [5.74, 6) is -0.170. The van der Waals surface area contributed by atoms with Crippen LogP contribution in [-0.2, 0) is 19.4 Å². The van der Waals surface area contributed by atoms with Crippen LogP contribution in [0.15, 0.2) is 54.9 Å². The molecule has 2 aromatic carbocycles. The van der Waals surface area contributed by atoms with Crippen molar-refractivity contribution in [2.45, 2.75) is 19.4 Å². The Morgan fingerprint density at radius 3 is 2.56 bits per heavy atom. The fourth-order valence-corrected chi connectivity index (χ4v) is 4.07. The van der Waals surface area contributed by atoms with Crippen molar-refractivity contribution in [3.05, 3.63) is 87.2 Å². The van der Waals surface area contributed by atoms with Crippen molar-refractivity contribution in [3.63, 3.8) is 0 Å². The molecule has 0 fully saturated rings. The predicted molar refractivity (Wildman–Crippen MR) is 128 cm³/mol. The van der Waals surface area contributed by atoms with Crippen LogP contribution in [0.4, 0.5) is 11.4 Å². The first-order chi connectivity index (χ1) is 16.5. The summed E-state index contributed by atoms with van der Waals surface area (Å²) >= 11 is 0. The first-order valence-corrected chi connectivity index (χ1v) is 10.9. The maximum absolute atomic E-state index is 12.8. The van der Waals surface area contributed by atoms with Crippen LogP contribution in [0.3, 0.4) is 0 Å². The number of nitro groups is 1. The smallest absolute Gasteiger partial charge is 0.286 e. The van der Waals surface area contributed by atoms with Gasteiger partial charge in [0.05, 0.1) is 25.2 Å². The van der Waals surface area contributed by atoms with Gasteiger partial charge in [-0.3, -0.25) is 24.8 Å². The number of nitro benzene ring substituents is 1. The van der Waals surface area contributed by atoms with E-state index in [0.717, 1.165) is 38.0 Å². The molecule has 0 unspecified atom stereocenters. The van der Waals surface area contributed by atoms with Gasteiger partial charge in [0, 0.05) is 43.8 Å². The van der Waals surface area contributed by atoms with Crippen LogP contribution in [0.2, 0.25) is 0 Å². The van der Waals surface area contributed by atoms with Crippen LogP contribution >= 0.6 is 0 Å². The number of nitrogens with zero attached hydrogens (tertiary/aromatic N) is 3. The highest BCUT2D eigenvalue weighted by Crippen LogP contribution is 2.34. The summed E-state index contributed by atoms with van der Waals surface area (Å²) in [6.45, 7) is 2.87. The minimum absolute atomic E-state index is 0.104. The molecule has 1 N–H and O–H groups in total. The summed E-state index contributed by atoms with van der Waals surface area (Å²) in [5.41, 5.74) is 3.91. The number of rotatable bonds is 8. The summed E-state index contributed by atoms with van der Waals surface area (Å²) in [6.07, 6.45) is 5.69. The summed E-state index contributed by atoms with van der Waals surface area (Å²) in [7, 11) is 2.79. The average molecular weight is 463 g/mol. The Balaban J connectivity index is 1.39. The van der Waals surface area contributed by atoms with Gasteiger partial charge in [0.2, 0.25) is 0 Å². The van der Waals surface area contributed by atoms with Gasteiger partial charge in [0.15, 0.2) is 11.5 Å². The van der Waals surface area contributed by atoms with Gasteiger partial charge in [0.1, 0.15) is 5.56 Å². The molecule has 1 amide bonds. The highest BCUT2D eigenvalue weighted by molar-refractivity contribution is 6.07. The van der Waals surface area contributed by atoms with Gasteiger partial charge in [-0.2, -0.15) is 0 Å². The average Bonchev–Trinajstić information content (AvgIpc) is 2.87. The molecule has 0 saturated carbocycles. The highest BCUT2D eigenvalue weighted by atomic mass is 16.6. The summed E-state index contributed by atoms with van der Waals surface area (Å²) < 4.78 is 10.3. The van der Waals surface area contributed by atoms with Gasteiger partial charge < -0.3 is 14.8 Å². The number of benzene rings is 2. The Morgan fingerprint density at radius 1 is 1.12 bits per heavy atom. The third-order valence-corrected chi connectivity index (χ3v) is 5.97. The lowest BCUT2D eigenvalue weighted by Crippen LogP contribution is -2.32. The molecule has 0 atom stereocenters. The maximum Gasteiger partial charge on any atom is 0.286 e. The lowest BCUT2D eigenvalue weighted by molar-refractivity contribution is -0.385. The van der Waals surface area contributed by atoms with Gasteiger partial charge in [-0.25, -0.2) is 0 Å². The third-order valence-electron chi connectivity index (χ3n) is 5.97. The minimum atomic E-state index is -0.616. The Morgan fingerprint density at radius 2 is 1.85 bits per heavy atom. The Kier molecular flexibility index (Phi) is 7.03. The van der Waals surface area contributed by atoms with Crippen molar-refractivity contribution in [2.75, 3.05) is 32.6 Å². The van der Waals surface area contributed by atoms with Crippen molar-refractivity contribution in [1.29, 1.82) is 0 Å². The fourth-order valence-electron chi connectivity index (χ4n) is 4.07. The normalized spacial score (nSPS) is 13.1. The number of aromatic nitrogens is 1. The first kappa shape index (κ1) is 23.2. The van der Waals surface area contributed by atoms with Crippen molar-refractivity contribution in [3.8, 4) is 11.5 Å². The van der Waals surface area contributed by atoms with Crippen molar-refractivity contribution in [2.24, 2.45) is 0 Å². The van der Waals surface area contributed by atoms with Gasteiger partial charge in [-0.1, -0.05) is 12.1 Å². The standard InChI is InChI=1S/C25H26N4O5/c1-33-23-13-21(22(29(31)32)14-24(23)34-2)25(30)27-20-5-3-17(4-6-20)8-11-28-12-9-18-15-26-10-7-19(18)16-28/h3-7,10,13-15H,8-9,11-12,16H2,1-2H3,(H,27,30). The number of ether oxygens (including phenoxy) is 2. The molecule has 1 aliphatic rings. The van der Waals surface area contributed by atoms with E-state index in [4.69, 9.17) is 9.47 Å². The topological polar surface area (TPSA) is 107 Å². The molecule has 34 heavy (non-hydrogen) atoms. The van der Waals surface area contributed by atoms with Crippen molar-refractivity contribution >= 4 is 17.3 Å². The molecule has 2 heterocycles. The number of hydrogen-bond acceptors (Lipinski definition) is 7. The van der Waals surface area contributed by atoms with E-state index >= 15 is 0 Å². The van der Waals surface area contributed by atoms with Crippen molar-refractivity contribution < 1.29 is 19.2 Å². The Bertz CT molecular complexity index is 1200. The van der Waals surface area contributed by atoms with Gasteiger partial charge in [0.25, 0.3) is 11.6 Å². The molecule has 1 aromatic heterocycles. The molecule has 3 aromatic rings. The second kappa shape index (κ2) is 10.3. The monoisotopic (exact) mass is 462 g/mol. The predicted octanol–water partition coefficient (Wildman–Crippen LogP) is 3.86. The van der Waals surface area contributed by atoms with E-state index in [9.17, 15) is 14.9 Å². The lowest BCUT2D eigenvalue weighted by atomic mass is 10.0. The number of pyridine rings is 1. The van der Waals surface area contributed by atoms with Crippen LogP contribution in [-0.4, -0.2) is 48.0 Å². The van der Waals surface area contributed by atoms with Gasteiger partial charge >= 0.3 is 0 Å². The molecular weight excluding hydrogens is 436 g/mol. The molecule has 0 spiro atoms. The molecule has 1 aliphatic heterocycles. The molecule has 176 valence electrons. The van der Waals surface area contributed by atoms with Gasteiger partial charge in [-0.05, 0) is 47.7 Å². The lowest BCUT2D eigenvalue weighted by Gasteiger charge is -2.28.